The molecule has 0 aliphatic carbocycles. The molecule has 0 fully saturated rings. The normalized spacial score (nSPS) is 16.1. The van der Waals surface area contributed by atoms with E-state index in [-0.39, 0.29) is 0 Å². The van der Waals surface area contributed by atoms with Crippen molar-refractivity contribution < 1.29 is 0 Å². The van der Waals surface area contributed by atoms with Gasteiger partial charge in [0.25, 0.3) is 0 Å². The molecule has 0 bridgehead atoms. The number of aromatic nitrogens is 2. The van der Waals surface area contributed by atoms with Gasteiger partial charge in [-0.1, -0.05) is 11.6 Å². The van der Waals surface area contributed by atoms with Gasteiger partial charge in [-0.2, -0.15) is 11.8 Å². The van der Waals surface area contributed by atoms with Gasteiger partial charge in [-0.05, 0) is 12.2 Å². The highest BCUT2D eigenvalue weighted by Gasteiger charge is 2.13. The van der Waals surface area contributed by atoms with Crippen LogP contribution in [0.25, 0.3) is 0 Å². The van der Waals surface area contributed by atoms with Crippen LogP contribution in [0.3, 0.4) is 0 Å². The van der Waals surface area contributed by atoms with Crippen LogP contribution in [0, 0.1) is 0 Å². The lowest BCUT2D eigenvalue weighted by Crippen LogP contribution is -2.06. The van der Waals surface area contributed by atoms with Gasteiger partial charge in [0, 0.05) is 11.3 Å². The molecule has 4 heteroatoms. The van der Waals surface area contributed by atoms with Crippen molar-refractivity contribution in [2.75, 3.05) is 5.75 Å². The van der Waals surface area contributed by atoms with Gasteiger partial charge in [-0.3, -0.25) is 0 Å². The highest BCUT2D eigenvalue weighted by atomic mass is 35.5. The predicted molar refractivity (Wildman–Crippen MR) is 46.9 cm³/mol. The maximum Gasteiger partial charge on any atom is 0.136 e. The second-order valence-electron chi connectivity index (χ2n) is 2.39. The Hall–Kier alpha value is -0.280. The van der Waals surface area contributed by atoms with Gasteiger partial charge in [-0.15, -0.1) is 0 Å². The van der Waals surface area contributed by atoms with E-state index < -0.39 is 0 Å². The van der Waals surface area contributed by atoms with Crippen molar-refractivity contribution in [2.24, 2.45) is 0 Å². The molecule has 2 rings (SSSR count). The molecule has 0 aromatic carbocycles. The Morgan fingerprint density at radius 3 is 3.18 bits per heavy atom. The Bertz CT molecular complexity index is 277. The molecule has 1 aliphatic rings. The van der Waals surface area contributed by atoms with Crippen molar-refractivity contribution in [3.63, 3.8) is 0 Å². The molecule has 0 N–H and O–H groups in total. The molecule has 0 amide bonds. The van der Waals surface area contributed by atoms with Crippen LogP contribution < -0.4 is 0 Å². The minimum Gasteiger partial charge on any atom is -0.241 e. The first-order valence-corrected chi connectivity index (χ1v) is 4.97. The maximum absolute atomic E-state index is 5.88. The van der Waals surface area contributed by atoms with Crippen LogP contribution in [0.5, 0.6) is 0 Å². The molecule has 1 aromatic rings. The number of fused-ring (bicyclic) bond motifs is 1. The molecule has 2 heterocycles. The summed E-state index contributed by atoms with van der Waals surface area (Å²) in [6.45, 7) is 0. The SMILES string of the molecule is Clc1ncnc2c1CSCC2. The van der Waals surface area contributed by atoms with Crippen LogP contribution in [-0.2, 0) is 12.2 Å². The molecule has 0 atom stereocenters. The van der Waals surface area contributed by atoms with E-state index >= 15 is 0 Å². The summed E-state index contributed by atoms with van der Waals surface area (Å²) in [5.74, 6) is 2.12. The Kier molecular flexibility index (Phi) is 2.00. The van der Waals surface area contributed by atoms with E-state index in [4.69, 9.17) is 11.6 Å². The van der Waals surface area contributed by atoms with Crippen molar-refractivity contribution in [1.82, 2.24) is 9.97 Å². The number of thioether (sulfide) groups is 1. The van der Waals surface area contributed by atoms with Gasteiger partial charge in [-0.25, -0.2) is 9.97 Å². The molecule has 0 spiro atoms. The van der Waals surface area contributed by atoms with Crippen molar-refractivity contribution >= 4 is 23.4 Å². The summed E-state index contributed by atoms with van der Waals surface area (Å²) >= 11 is 7.77. The molecule has 2 nitrogen and oxygen atoms in total. The minimum atomic E-state index is 0.627. The van der Waals surface area contributed by atoms with E-state index in [2.05, 4.69) is 9.97 Å². The second-order valence-corrected chi connectivity index (χ2v) is 3.86. The molecule has 0 saturated carbocycles. The van der Waals surface area contributed by atoms with Crippen LogP contribution in [0.2, 0.25) is 5.15 Å². The topological polar surface area (TPSA) is 25.8 Å². The van der Waals surface area contributed by atoms with E-state index in [9.17, 15) is 0 Å². The standard InChI is InChI=1S/C7H7ClN2S/c8-7-5-3-11-2-1-6(5)9-4-10-7/h4H,1-3H2. The molecule has 0 unspecified atom stereocenters. The smallest absolute Gasteiger partial charge is 0.136 e. The van der Waals surface area contributed by atoms with Crippen molar-refractivity contribution in [2.45, 2.75) is 12.2 Å². The van der Waals surface area contributed by atoms with Crippen LogP contribution in [0.15, 0.2) is 6.33 Å². The Labute approximate surface area is 74.4 Å². The molecule has 58 valence electrons. The average molecular weight is 187 g/mol. The summed E-state index contributed by atoms with van der Waals surface area (Å²) < 4.78 is 0. The summed E-state index contributed by atoms with van der Waals surface area (Å²) in [5.41, 5.74) is 2.26. The molecular formula is C7H7ClN2S. The summed E-state index contributed by atoms with van der Waals surface area (Å²) in [7, 11) is 0. The number of aryl methyl sites for hydroxylation is 1. The van der Waals surface area contributed by atoms with E-state index in [1.165, 1.54) is 6.33 Å². The molecule has 0 saturated heterocycles. The van der Waals surface area contributed by atoms with Gasteiger partial charge in [0.05, 0.1) is 5.69 Å². The lowest BCUT2D eigenvalue weighted by Gasteiger charge is -2.13. The summed E-state index contributed by atoms with van der Waals surface area (Å²) in [5, 5.41) is 0.627. The van der Waals surface area contributed by atoms with E-state index in [1.54, 1.807) is 0 Å². The molecule has 1 aliphatic heterocycles. The van der Waals surface area contributed by atoms with Crippen LogP contribution in [0.1, 0.15) is 11.3 Å². The molecule has 1 aromatic heterocycles. The fourth-order valence-corrected chi connectivity index (χ4v) is 2.41. The third-order valence-electron chi connectivity index (χ3n) is 1.71. The van der Waals surface area contributed by atoms with E-state index in [0.717, 1.165) is 29.2 Å². The van der Waals surface area contributed by atoms with Gasteiger partial charge >= 0.3 is 0 Å². The van der Waals surface area contributed by atoms with E-state index in [1.807, 2.05) is 11.8 Å². The summed E-state index contributed by atoms with van der Waals surface area (Å²) in [6, 6.07) is 0. The van der Waals surface area contributed by atoms with Crippen molar-refractivity contribution in [1.29, 1.82) is 0 Å². The second kappa shape index (κ2) is 2.99. The van der Waals surface area contributed by atoms with Gasteiger partial charge in [0.1, 0.15) is 11.5 Å². The quantitative estimate of drug-likeness (QED) is 0.579. The monoisotopic (exact) mass is 186 g/mol. The first-order valence-electron chi connectivity index (χ1n) is 3.44. The number of hydrogen-bond donors (Lipinski definition) is 0. The van der Waals surface area contributed by atoms with Gasteiger partial charge in [0.2, 0.25) is 0 Å². The highest BCUT2D eigenvalue weighted by Crippen LogP contribution is 2.26. The van der Waals surface area contributed by atoms with Gasteiger partial charge in [0.15, 0.2) is 0 Å². The number of rotatable bonds is 0. The first-order chi connectivity index (χ1) is 5.38. The van der Waals surface area contributed by atoms with Crippen molar-refractivity contribution in [3.05, 3.63) is 22.7 Å². The Balaban J connectivity index is 2.49. The summed E-state index contributed by atoms with van der Waals surface area (Å²) in [4.78, 5) is 8.10. The first kappa shape index (κ1) is 7.37. The van der Waals surface area contributed by atoms with Crippen LogP contribution in [-0.4, -0.2) is 15.7 Å². The number of nitrogens with zero attached hydrogens (tertiary/aromatic N) is 2. The number of hydrogen-bond acceptors (Lipinski definition) is 3. The third-order valence-corrected chi connectivity index (χ3v) is 3.02. The zero-order valence-electron chi connectivity index (χ0n) is 5.88. The van der Waals surface area contributed by atoms with E-state index in [0.29, 0.717) is 5.15 Å². The predicted octanol–water partition coefficient (Wildman–Crippen LogP) is 1.92. The fraction of sp³-hybridized carbons (Fsp3) is 0.429. The summed E-state index contributed by atoms with van der Waals surface area (Å²) in [6.07, 6.45) is 2.57. The Morgan fingerprint density at radius 2 is 2.36 bits per heavy atom. The largest absolute Gasteiger partial charge is 0.241 e. The zero-order valence-corrected chi connectivity index (χ0v) is 7.45. The van der Waals surface area contributed by atoms with Crippen LogP contribution in [0.4, 0.5) is 0 Å². The van der Waals surface area contributed by atoms with Gasteiger partial charge < -0.3 is 0 Å². The fourth-order valence-electron chi connectivity index (χ4n) is 1.13. The molecule has 11 heavy (non-hydrogen) atoms. The molecular weight excluding hydrogens is 180 g/mol. The maximum atomic E-state index is 5.88. The highest BCUT2D eigenvalue weighted by molar-refractivity contribution is 7.98. The average Bonchev–Trinajstić information content (AvgIpc) is 2.06. The molecule has 0 radical (unpaired) electrons. The minimum absolute atomic E-state index is 0.627. The zero-order chi connectivity index (χ0) is 7.68. The third kappa shape index (κ3) is 1.35. The lowest BCUT2D eigenvalue weighted by atomic mass is 10.2. The van der Waals surface area contributed by atoms with Crippen molar-refractivity contribution in [3.8, 4) is 0 Å². The van der Waals surface area contributed by atoms with Crippen LogP contribution >= 0.6 is 23.4 Å². The Morgan fingerprint density at radius 1 is 1.45 bits per heavy atom. The lowest BCUT2D eigenvalue weighted by molar-refractivity contribution is 0.954. The number of halogens is 1.